The van der Waals surface area contributed by atoms with E-state index in [4.69, 9.17) is 23.7 Å². The van der Waals surface area contributed by atoms with Gasteiger partial charge in [-0.1, -0.05) is 54.6 Å². The summed E-state index contributed by atoms with van der Waals surface area (Å²) in [5.41, 5.74) is 1.58. The summed E-state index contributed by atoms with van der Waals surface area (Å²) in [5.74, 6) is -2.52. The lowest BCUT2D eigenvalue weighted by atomic mass is 9.94. The Hall–Kier alpha value is -6.19. The summed E-state index contributed by atoms with van der Waals surface area (Å²) in [6, 6.07) is 26.3. The number of esters is 2. The second kappa shape index (κ2) is 16.2. The fraction of sp³-hybridized carbons (Fsp3) is 0.270. The molecule has 0 radical (unpaired) electrons. The van der Waals surface area contributed by atoms with Crippen LogP contribution in [0.4, 0.5) is 22.1 Å². The summed E-state index contributed by atoms with van der Waals surface area (Å²) < 4.78 is 30.7. The van der Waals surface area contributed by atoms with Crippen LogP contribution < -0.4 is 15.0 Å². The van der Waals surface area contributed by atoms with Crippen LogP contribution in [-0.2, 0) is 28.5 Å². The van der Waals surface area contributed by atoms with Crippen molar-refractivity contribution >= 4 is 52.4 Å². The number of nitrogens with zero attached hydrogens (tertiary/aromatic N) is 5. The van der Waals surface area contributed by atoms with E-state index in [2.05, 4.69) is 20.3 Å². The second-order valence-electron chi connectivity index (χ2n) is 11.8. The first-order valence-electron chi connectivity index (χ1n) is 16.4. The van der Waals surface area contributed by atoms with Crippen molar-refractivity contribution in [2.75, 3.05) is 30.5 Å². The Bertz CT molecular complexity index is 1990. The molecule has 1 saturated heterocycles. The highest BCUT2D eigenvalue weighted by molar-refractivity contribution is 5.98. The van der Waals surface area contributed by atoms with E-state index in [1.165, 1.54) is 29.6 Å². The average Bonchev–Trinajstić information content (AvgIpc) is 3.71. The molecule has 52 heavy (non-hydrogen) atoms. The van der Waals surface area contributed by atoms with Crippen molar-refractivity contribution in [1.29, 1.82) is 0 Å². The van der Waals surface area contributed by atoms with Gasteiger partial charge < -0.3 is 23.7 Å². The molecule has 268 valence electrons. The maximum absolute atomic E-state index is 13.9. The van der Waals surface area contributed by atoms with Gasteiger partial charge in [-0.25, -0.2) is 19.5 Å². The van der Waals surface area contributed by atoms with Crippen molar-refractivity contribution < 1.29 is 42.9 Å². The molecule has 0 bridgehead atoms. The maximum atomic E-state index is 13.9. The van der Waals surface area contributed by atoms with Crippen LogP contribution in [0.3, 0.4) is 0 Å². The van der Waals surface area contributed by atoms with E-state index in [0.29, 0.717) is 30.0 Å². The molecule has 1 fully saturated rings. The van der Waals surface area contributed by atoms with Crippen LogP contribution in [0, 0.1) is 5.92 Å². The number of rotatable bonds is 12. The van der Waals surface area contributed by atoms with Crippen LogP contribution in [0.1, 0.15) is 36.9 Å². The highest BCUT2D eigenvalue weighted by atomic mass is 16.6. The zero-order valence-corrected chi connectivity index (χ0v) is 28.6. The number of nitrogens with one attached hydrogen (secondary N) is 1. The summed E-state index contributed by atoms with van der Waals surface area (Å²) in [6.45, 7) is 2.69. The van der Waals surface area contributed by atoms with E-state index in [0.717, 1.165) is 0 Å². The number of anilines is 3. The minimum atomic E-state index is -1.04. The van der Waals surface area contributed by atoms with Crippen LogP contribution in [-0.4, -0.2) is 76.0 Å². The predicted octanol–water partition coefficient (Wildman–Crippen LogP) is 5.46. The van der Waals surface area contributed by atoms with Crippen LogP contribution in [0.5, 0.6) is 5.88 Å². The molecular weight excluding hydrogens is 672 g/mol. The Balaban J connectivity index is 1.37. The zero-order chi connectivity index (χ0) is 36.6. The van der Waals surface area contributed by atoms with Gasteiger partial charge in [-0.05, 0) is 42.8 Å². The van der Waals surface area contributed by atoms with Crippen LogP contribution in [0.2, 0.25) is 0 Å². The first-order chi connectivity index (χ1) is 25.2. The number of aromatic nitrogens is 4. The second-order valence-corrected chi connectivity index (χ2v) is 11.8. The Morgan fingerprint density at radius 3 is 2.12 bits per heavy atom. The van der Waals surface area contributed by atoms with E-state index in [1.807, 2.05) is 12.1 Å². The minimum absolute atomic E-state index is 0.0566. The van der Waals surface area contributed by atoms with Gasteiger partial charge in [0.1, 0.15) is 12.7 Å². The van der Waals surface area contributed by atoms with E-state index >= 15 is 0 Å². The number of benzene rings is 3. The van der Waals surface area contributed by atoms with E-state index < -0.39 is 48.3 Å². The monoisotopic (exact) mass is 708 g/mol. The van der Waals surface area contributed by atoms with Crippen molar-refractivity contribution in [2.24, 2.45) is 5.92 Å². The molecule has 4 atom stereocenters. The lowest BCUT2D eigenvalue weighted by Crippen LogP contribution is -2.33. The van der Waals surface area contributed by atoms with Gasteiger partial charge in [0.15, 0.2) is 23.5 Å². The highest BCUT2D eigenvalue weighted by Gasteiger charge is 2.48. The Kier molecular flexibility index (Phi) is 11.1. The van der Waals surface area contributed by atoms with Crippen LogP contribution >= 0.6 is 0 Å². The summed E-state index contributed by atoms with van der Waals surface area (Å²) in [4.78, 5) is 66.1. The number of carbonyl (C=O) groups is 4. The third-order valence-electron chi connectivity index (χ3n) is 8.19. The molecule has 1 aliphatic rings. The minimum Gasteiger partial charge on any atom is -0.459 e. The van der Waals surface area contributed by atoms with Gasteiger partial charge in [0.05, 0.1) is 23.3 Å². The number of hydrogen-bond acceptors (Lipinski definition) is 12. The van der Waals surface area contributed by atoms with Gasteiger partial charge in [0, 0.05) is 33.5 Å². The number of amides is 2. The summed E-state index contributed by atoms with van der Waals surface area (Å²) in [7, 11) is 1.54. The number of para-hydroxylation sites is 2. The molecule has 1 unspecified atom stereocenters. The Morgan fingerprint density at radius 1 is 0.885 bits per heavy atom. The van der Waals surface area contributed by atoms with Crippen LogP contribution in [0.25, 0.3) is 11.2 Å². The molecule has 3 aromatic carbocycles. The van der Waals surface area contributed by atoms with Crippen molar-refractivity contribution in [3.8, 4) is 5.88 Å². The van der Waals surface area contributed by atoms with E-state index in [9.17, 15) is 19.2 Å². The molecule has 2 aromatic heterocycles. The molecule has 15 heteroatoms. The smallest absolute Gasteiger partial charge is 0.425 e. The molecular formula is C37H36N6O9. The molecule has 0 saturated carbocycles. The van der Waals surface area contributed by atoms with Crippen molar-refractivity contribution in [3.63, 3.8) is 0 Å². The fourth-order valence-electron chi connectivity index (χ4n) is 5.93. The quantitative estimate of drug-likeness (QED) is 0.162. The number of hydrogen-bond donors (Lipinski definition) is 1. The Morgan fingerprint density at radius 2 is 1.52 bits per heavy atom. The van der Waals surface area contributed by atoms with Gasteiger partial charge in [0.2, 0.25) is 11.9 Å². The lowest BCUT2D eigenvalue weighted by Gasteiger charge is -2.24. The standard InChI is InChI=1S/C37H36N6O9/c1-23(44)39-36-40-32-30(33(41-36)52-37(47)43(26-15-9-5-10-16-26)27-17-11-6-12-18-27)38-22-42(32)34-31(50-24(2)45)28(19-20-48-3)29(51-34)21-49-35(46)25-13-7-4-8-14-25/h4-18,22,28-29,31,34H,19-21H2,1-3H3,(H,39,40,41,44)/t28-,29?,31-,34-/m1/s1. The molecule has 5 aromatic rings. The van der Waals surface area contributed by atoms with E-state index in [1.54, 1.807) is 86.0 Å². The molecule has 0 spiro atoms. The van der Waals surface area contributed by atoms with Gasteiger partial charge in [-0.2, -0.15) is 9.97 Å². The molecule has 6 rings (SSSR count). The first kappa shape index (κ1) is 35.6. The van der Waals surface area contributed by atoms with Crippen molar-refractivity contribution in [2.45, 2.75) is 38.7 Å². The molecule has 1 aliphatic heterocycles. The largest absolute Gasteiger partial charge is 0.459 e. The van der Waals surface area contributed by atoms with Crippen molar-refractivity contribution in [1.82, 2.24) is 19.5 Å². The Labute approximate surface area is 298 Å². The van der Waals surface area contributed by atoms with Gasteiger partial charge in [-0.15, -0.1) is 0 Å². The van der Waals surface area contributed by atoms with E-state index in [-0.39, 0.29) is 29.6 Å². The third-order valence-corrected chi connectivity index (χ3v) is 8.19. The van der Waals surface area contributed by atoms with Crippen LogP contribution in [0.15, 0.2) is 97.3 Å². The molecule has 0 aliphatic carbocycles. The first-order valence-corrected chi connectivity index (χ1v) is 16.4. The zero-order valence-electron chi connectivity index (χ0n) is 28.6. The van der Waals surface area contributed by atoms with Gasteiger partial charge in [0.25, 0.3) is 5.88 Å². The lowest BCUT2D eigenvalue weighted by molar-refractivity contribution is -0.154. The molecule has 3 heterocycles. The molecule has 1 N–H and O–H groups in total. The normalized spacial score (nSPS) is 18.1. The number of ether oxygens (including phenoxy) is 5. The van der Waals surface area contributed by atoms with Gasteiger partial charge in [-0.3, -0.25) is 19.5 Å². The average molecular weight is 709 g/mol. The third kappa shape index (κ3) is 8.06. The number of carbonyl (C=O) groups excluding carboxylic acids is 4. The molecule has 15 nitrogen and oxygen atoms in total. The number of fused-ring (bicyclic) bond motifs is 1. The topological polar surface area (TPSA) is 173 Å². The highest BCUT2D eigenvalue weighted by Crippen LogP contribution is 2.41. The summed E-state index contributed by atoms with van der Waals surface area (Å²) in [6.07, 6.45) is -1.74. The van der Waals surface area contributed by atoms with Gasteiger partial charge >= 0.3 is 18.0 Å². The number of imidazole rings is 1. The predicted molar refractivity (Wildman–Crippen MR) is 187 cm³/mol. The van der Waals surface area contributed by atoms with Crippen molar-refractivity contribution in [3.05, 3.63) is 103 Å². The maximum Gasteiger partial charge on any atom is 0.425 e. The SMILES string of the molecule is COCC[C@@H]1C(COC(=O)c2ccccc2)O[C@@H](n2cnc3c(OC(=O)N(c4ccccc4)c4ccccc4)nc(NC(C)=O)nc32)[C@@H]1OC(C)=O. The summed E-state index contributed by atoms with van der Waals surface area (Å²) >= 11 is 0. The fourth-order valence-corrected chi connectivity index (χ4v) is 5.93. The number of methoxy groups -OCH3 is 1. The molecule has 2 amide bonds. The summed E-state index contributed by atoms with van der Waals surface area (Å²) in [5, 5.41) is 2.54.